The van der Waals surface area contributed by atoms with Crippen molar-refractivity contribution in [1.29, 1.82) is 0 Å². The van der Waals surface area contributed by atoms with E-state index in [4.69, 9.17) is 9.47 Å². The van der Waals surface area contributed by atoms with E-state index in [0.717, 1.165) is 16.7 Å². The molecule has 1 aliphatic heterocycles. The van der Waals surface area contributed by atoms with E-state index in [2.05, 4.69) is 0 Å². The van der Waals surface area contributed by atoms with Gasteiger partial charge in [0.05, 0.1) is 11.1 Å². The molecule has 5 rings (SSSR count). The van der Waals surface area contributed by atoms with Gasteiger partial charge in [-0.15, -0.1) is 0 Å². The van der Waals surface area contributed by atoms with Crippen LogP contribution in [0.2, 0.25) is 0 Å². The number of para-hydroxylation sites is 1. The summed E-state index contributed by atoms with van der Waals surface area (Å²) >= 11 is 0. The van der Waals surface area contributed by atoms with Gasteiger partial charge in [0.25, 0.3) is 0 Å². The normalized spacial score (nSPS) is 17.4. The molecule has 0 unspecified atom stereocenters. The lowest BCUT2D eigenvalue weighted by molar-refractivity contribution is -0.108. The third-order valence-corrected chi connectivity index (χ3v) is 5.12. The molecule has 0 radical (unpaired) electrons. The molecule has 3 heteroatoms. The van der Waals surface area contributed by atoms with Crippen LogP contribution in [0.25, 0.3) is 11.1 Å². The van der Waals surface area contributed by atoms with Gasteiger partial charge in [-0.3, -0.25) is 0 Å². The largest absolute Gasteiger partial charge is 0.443 e. The van der Waals surface area contributed by atoms with Crippen molar-refractivity contribution in [3.8, 4) is 16.9 Å². The number of rotatable bonds is 4. The summed E-state index contributed by atoms with van der Waals surface area (Å²) in [4.78, 5) is 12.7. The summed E-state index contributed by atoms with van der Waals surface area (Å²) in [5, 5.41) is 0. The summed E-state index contributed by atoms with van der Waals surface area (Å²) in [5.74, 6) is -1.08. The molecule has 4 aromatic carbocycles. The number of benzene rings is 4. The predicted molar refractivity (Wildman–Crippen MR) is 112 cm³/mol. The molecule has 1 atom stereocenters. The molecule has 1 aliphatic rings. The Morgan fingerprint density at radius 1 is 0.621 bits per heavy atom. The van der Waals surface area contributed by atoms with Crippen LogP contribution in [0.1, 0.15) is 21.5 Å². The van der Waals surface area contributed by atoms with Crippen molar-refractivity contribution in [2.45, 2.75) is 5.79 Å². The number of hydrogen-bond donors (Lipinski definition) is 0. The van der Waals surface area contributed by atoms with Crippen LogP contribution in [0.4, 0.5) is 0 Å². The van der Waals surface area contributed by atoms with Crippen LogP contribution in [0.3, 0.4) is 0 Å². The minimum absolute atomic E-state index is 0.387. The number of fused-ring (bicyclic) bond motifs is 1. The first-order chi connectivity index (χ1) is 14.3. The minimum atomic E-state index is -1.33. The van der Waals surface area contributed by atoms with Crippen LogP contribution >= 0.6 is 0 Å². The Kier molecular flexibility index (Phi) is 4.14. The van der Waals surface area contributed by atoms with E-state index in [1.807, 2.05) is 103 Å². The van der Waals surface area contributed by atoms with Crippen molar-refractivity contribution in [2.75, 3.05) is 0 Å². The number of cyclic esters (lactones) is 1. The number of ether oxygens (including phenoxy) is 2. The second kappa shape index (κ2) is 6.95. The molecule has 0 spiro atoms. The smallest absolute Gasteiger partial charge is 0.342 e. The monoisotopic (exact) mass is 378 g/mol. The van der Waals surface area contributed by atoms with Crippen LogP contribution in [0.15, 0.2) is 109 Å². The van der Waals surface area contributed by atoms with Crippen molar-refractivity contribution in [3.05, 3.63) is 126 Å². The van der Waals surface area contributed by atoms with E-state index >= 15 is 0 Å². The Balaban J connectivity index is 1.70. The minimum Gasteiger partial charge on any atom is -0.443 e. The molecule has 0 N–H and O–H groups in total. The molecule has 0 saturated carbocycles. The Bertz CT molecular complexity index is 1170. The molecular weight excluding hydrogens is 360 g/mol. The van der Waals surface area contributed by atoms with Gasteiger partial charge in [-0.1, -0.05) is 91.0 Å². The first-order valence-corrected chi connectivity index (χ1v) is 9.50. The Hall–Kier alpha value is -3.85. The van der Waals surface area contributed by atoms with E-state index in [1.54, 1.807) is 6.07 Å². The van der Waals surface area contributed by atoms with Gasteiger partial charge in [0.1, 0.15) is 5.75 Å². The molecule has 0 fully saturated rings. The maximum Gasteiger partial charge on any atom is 0.342 e. The standard InChI is InChI=1S/C26H18O3/c27-25-22-16-7-9-17-23(22)26(29-25,20-13-5-2-6-14-20)28-24-18-10-8-15-21(24)19-11-3-1-4-12-19/h1-18H/t26-/m0/s1. The van der Waals surface area contributed by atoms with Crippen molar-refractivity contribution in [1.82, 2.24) is 0 Å². The zero-order valence-corrected chi connectivity index (χ0v) is 15.6. The highest BCUT2D eigenvalue weighted by Gasteiger charge is 2.49. The van der Waals surface area contributed by atoms with Gasteiger partial charge >= 0.3 is 11.8 Å². The predicted octanol–water partition coefficient (Wildman–Crippen LogP) is 5.80. The lowest BCUT2D eigenvalue weighted by Gasteiger charge is -2.31. The quantitative estimate of drug-likeness (QED) is 0.421. The van der Waals surface area contributed by atoms with Gasteiger partial charge in [0, 0.05) is 11.1 Å². The topological polar surface area (TPSA) is 35.5 Å². The van der Waals surface area contributed by atoms with Crippen molar-refractivity contribution >= 4 is 5.97 Å². The molecule has 0 amide bonds. The molecule has 0 aliphatic carbocycles. The van der Waals surface area contributed by atoms with E-state index in [0.29, 0.717) is 16.9 Å². The highest BCUT2D eigenvalue weighted by Crippen LogP contribution is 2.45. The summed E-state index contributed by atoms with van der Waals surface area (Å²) in [5.41, 5.74) is 3.96. The lowest BCUT2D eigenvalue weighted by Crippen LogP contribution is -2.35. The van der Waals surface area contributed by atoms with E-state index in [-0.39, 0.29) is 5.97 Å². The van der Waals surface area contributed by atoms with Crippen molar-refractivity contribution in [2.24, 2.45) is 0 Å². The van der Waals surface area contributed by atoms with Gasteiger partial charge in [0.2, 0.25) is 0 Å². The van der Waals surface area contributed by atoms with E-state index in [1.165, 1.54) is 0 Å². The average Bonchev–Trinajstić information content (AvgIpc) is 3.08. The zero-order chi connectivity index (χ0) is 19.7. The average molecular weight is 378 g/mol. The molecule has 1 heterocycles. The van der Waals surface area contributed by atoms with Gasteiger partial charge in [0.15, 0.2) is 0 Å². The first-order valence-electron chi connectivity index (χ1n) is 9.50. The molecule has 140 valence electrons. The fourth-order valence-corrected chi connectivity index (χ4v) is 3.76. The maximum atomic E-state index is 12.7. The molecule has 4 aromatic rings. The summed E-state index contributed by atoms with van der Waals surface area (Å²) in [6.07, 6.45) is 0. The van der Waals surface area contributed by atoms with Crippen LogP contribution < -0.4 is 4.74 Å². The molecule has 0 saturated heterocycles. The second-order valence-electron chi connectivity index (χ2n) is 6.88. The lowest BCUT2D eigenvalue weighted by atomic mass is 9.95. The Labute approximate surface area is 169 Å². The van der Waals surface area contributed by atoms with Gasteiger partial charge < -0.3 is 9.47 Å². The van der Waals surface area contributed by atoms with Crippen LogP contribution in [-0.4, -0.2) is 5.97 Å². The molecular formula is C26H18O3. The fourth-order valence-electron chi connectivity index (χ4n) is 3.76. The van der Waals surface area contributed by atoms with Crippen LogP contribution in [0.5, 0.6) is 5.75 Å². The molecule has 0 aromatic heterocycles. The van der Waals surface area contributed by atoms with Crippen molar-refractivity contribution in [3.63, 3.8) is 0 Å². The molecule has 29 heavy (non-hydrogen) atoms. The highest BCUT2D eigenvalue weighted by atomic mass is 16.7. The number of hydrogen-bond acceptors (Lipinski definition) is 3. The summed E-state index contributed by atoms with van der Waals surface area (Å²) in [6, 6.07) is 34.8. The third kappa shape index (κ3) is 2.88. The van der Waals surface area contributed by atoms with Crippen molar-refractivity contribution < 1.29 is 14.3 Å². The van der Waals surface area contributed by atoms with Gasteiger partial charge in [-0.05, 0) is 23.8 Å². The highest BCUT2D eigenvalue weighted by molar-refractivity contribution is 5.95. The summed E-state index contributed by atoms with van der Waals surface area (Å²) < 4.78 is 12.5. The Morgan fingerprint density at radius 2 is 1.21 bits per heavy atom. The van der Waals surface area contributed by atoms with Crippen LogP contribution in [-0.2, 0) is 10.5 Å². The third-order valence-electron chi connectivity index (χ3n) is 5.12. The SMILES string of the molecule is O=C1O[C@@](Oc2ccccc2-c2ccccc2)(c2ccccc2)c2ccccc21. The van der Waals surface area contributed by atoms with Gasteiger partial charge in [-0.25, -0.2) is 4.79 Å². The first kappa shape index (κ1) is 17.3. The molecule has 0 bridgehead atoms. The Morgan fingerprint density at radius 3 is 1.97 bits per heavy atom. The van der Waals surface area contributed by atoms with E-state index < -0.39 is 5.79 Å². The summed E-state index contributed by atoms with van der Waals surface area (Å²) in [7, 11) is 0. The van der Waals surface area contributed by atoms with Crippen LogP contribution in [0, 0.1) is 0 Å². The van der Waals surface area contributed by atoms with Gasteiger partial charge in [-0.2, -0.15) is 0 Å². The summed E-state index contributed by atoms with van der Waals surface area (Å²) in [6.45, 7) is 0. The van der Waals surface area contributed by atoms with E-state index in [9.17, 15) is 4.79 Å². The number of esters is 1. The molecule has 3 nitrogen and oxygen atoms in total. The number of carbonyl (C=O) groups excluding carboxylic acids is 1. The maximum absolute atomic E-state index is 12.7. The second-order valence-corrected chi connectivity index (χ2v) is 6.88. The number of carbonyl (C=O) groups is 1. The zero-order valence-electron chi connectivity index (χ0n) is 15.6. The fraction of sp³-hybridized carbons (Fsp3) is 0.0385.